The van der Waals surface area contributed by atoms with Crippen molar-refractivity contribution in [2.24, 2.45) is 0 Å². The molecule has 0 saturated carbocycles. The monoisotopic (exact) mass is 374 g/mol. The van der Waals surface area contributed by atoms with E-state index in [-0.39, 0.29) is 0 Å². The first kappa shape index (κ1) is 18.7. The third kappa shape index (κ3) is 4.76. The maximum absolute atomic E-state index is 10.3. The number of hydrogen-bond acceptors (Lipinski definition) is 2. The van der Waals surface area contributed by atoms with Crippen molar-refractivity contribution >= 4 is 45.9 Å². The number of aromatic amines is 2. The summed E-state index contributed by atoms with van der Waals surface area (Å²) >= 11 is 0. The van der Waals surface area contributed by atoms with Crippen LogP contribution < -0.4 is 0 Å². The molecule has 0 amide bonds. The Bertz CT molecular complexity index is 1140. The van der Waals surface area contributed by atoms with Crippen molar-refractivity contribution < 1.29 is 19.8 Å². The normalized spacial score (nSPS) is 11.1. The number of rotatable bonds is 4. The Balaban J connectivity index is 0.000000161. The fourth-order valence-electron chi connectivity index (χ4n) is 2.74. The Labute approximate surface area is 160 Å². The number of H-pyrrole nitrogens is 2. The van der Waals surface area contributed by atoms with Crippen LogP contribution in [-0.2, 0) is 9.59 Å². The van der Waals surface area contributed by atoms with Crippen LogP contribution in [0.2, 0.25) is 0 Å². The van der Waals surface area contributed by atoms with E-state index in [1.54, 1.807) is 18.3 Å². The molecule has 0 aliphatic heterocycles. The van der Waals surface area contributed by atoms with Crippen molar-refractivity contribution in [3.05, 3.63) is 84.2 Å². The molecule has 28 heavy (non-hydrogen) atoms. The van der Waals surface area contributed by atoms with Crippen molar-refractivity contribution in [2.45, 2.75) is 0 Å². The quantitative estimate of drug-likeness (QED) is 0.394. The Hall–Kier alpha value is -4.06. The molecule has 0 atom stereocenters. The molecule has 2 aromatic heterocycles. The van der Waals surface area contributed by atoms with Crippen LogP contribution in [0.3, 0.4) is 0 Å². The van der Waals surface area contributed by atoms with E-state index in [0.29, 0.717) is 0 Å². The van der Waals surface area contributed by atoms with Gasteiger partial charge in [0.2, 0.25) is 0 Å². The molecule has 0 radical (unpaired) electrons. The maximum atomic E-state index is 10.3. The summed E-state index contributed by atoms with van der Waals surface area (Å²) in [6.07, 6.45) is 7.17. The third-order valence-electron chi connectivity index (χ3n) is 3.98. The third-order valence-corrected chi connectivity index (χ3v) is 3.98. The number of aliphatic carboxylic acids is 2. The van der Waals surface area contributed by atoms with E-state index in [4.69, 9.17) is 10.2 Å². The smallest absolute Gasteiger partial charge is 0.328 e. The van der Waals surface area contributed by atoms with Crippen molar-refractivity contribution in [1.82, 2.24) is 9.97 Å². The molecular formula is C22H18N2O4. The van der Waals surface area contributed by atoms with Gasteiger partial charge in [-0.15, -0.1) is 0 Å². The predicted octanol–water partition coefficient (Wildman–Crippen LogP) is 4.53. The van der Waals surface area contributed by atoms with Crippen molar-refractivity contribution in [3.63, 3.8) is 0 Å². The van der Waals surface area contributed by atoms with E-state index in [1.807, 2.05) is 54.6 Å². The summed E-state index contributed by atoms with van der Waals surface area (Å²) in [7, 11) is 0. The van der Waals surface area contributed by atoms with Crippen LogP contribution in [-0.4, -0.2) is 32.1 Å². The topological polar surface area (TPSA) is 106 Å². The average Bonchev–Trinajstić information content (AvgIpc) is 3.29. The maximum Gasteiger partial charge on any atom is 0.328 e. The molecule has 0 bridgehead atoms. The minimum Gasteiger partial charge on any atom is -0.478 e. The van der Waals surface area contributed by atoms with E-state index in [0.717, 1.165) is 45.2 Å². The Morgan fingerprint density at radius 1 is 0.821 bits per heavy atom. The molecule has 0 saturated heterocycles. The number of fused-ring (bicyclic) bond motifs is 2. The number of para-hydroxylation sites is 2. The summed E-state index contributed by atoms with van der Waals surface area (Å²) in [5.74, 6) is -1.88. The highest BCUT2D eigenvalue weighted by Gasteiger charge is 1.99. The zero-order valence-electron chi connectivity index (χ0n) is 14.8. The minimum atomic E-state index is -0.941. The van der Waals surface area contributed by atoms with Gasteiger partial charge in [0, 0.05) is 40.5 Å². The summed E-state index contributed by atoms with van der Waals surface area (Å²) in [4.78, 5) is 26.8. The molecule has 6 nitrogen and oxygen atoms in total. The van der Waals surface area contributed by atoms with Gasteiger partial charge >= 0.3 is 11.9 Å². The Morgan fingerprint density at radius 2 is 1.46 bits per heavy atom. The lowest BCUT2D eigenvalue weighted by Crippen LogP contribution is -1.85. The highest BCUT2D eigenvalue weighted by atomic mass is 16.4. The molecule has 2 heterocycles. The highest BCUT2D eigenvalue weighted by molar-refractivity contribution is 5.93. The molecule has 140 valence electrons. The van der Waals surface area contributed by atoms with Gasteiger partial charge < -0.3 is 20.2 Å². The lowest BCUT2D eigenvalue weighted by Gasteiger charge is -1.89. The number of nitrogens with one attached hydrogen (secondary N) is 2. The second-order valence-corrected chi connectivity index (χ2v) is 5.94. The van der Waals surface area contributed by atoms with Gasteiger partial charge in [0.15, 0.2) is 0 Å². The van der Waals surface area contributed by atoms with Gasteiger partial charge in [-0.05, 0) is 41.3 Å². The van der Waals surface area contributed by atoms with E-state index < -0.39 is 11.9 Å². The second-order valence-electron chi connectivity index (χ2n) is 5.94. The van der Waals surface area contributed by atoms with Crippen LogP contribution in [0, 0.1) is 0 Å². The van der Waals surface area contributed by atoms with Crippen LogP contribution in [0.4, 0.5) is 0 Å². The number of aromatic nitrogens is 2. The number of carboxylic acids is 2. The number of carbonyl (C=O) groups is 2. The molecule has 0 spiro atoms. The minimum absolute atomic E-state index is 0.800. The molecule has 0 fully saturated rings. The molecule has 6 heteroatoms. The number of benzene rings is 2. The molecule has 2 aromatic carbocycles. The summed E-state index contributed by atoms with van der Waals surface area (Å²) < 4.78 is 0. The van der Waals surface area contributed by atoms with E-state index >= 15 is 0 Å². The van der Waals surface area contributed by atoms with Crippen LogP contribution in [0.15, 0.2) is 72.9 Å². The highest BCUT2D eigenvalue weighted by Crippen LogP contribution is 2.18. The van der Waals surface area contributed by atoms with Crippen molar-refractivity contribution in [1.29, 1.82) is 0 Å². The summed E-state index contributed by atoms with van der Waals surface area (Å²) in [6.45, 7) is 0. The molecule has 0 aliphatic rings. The Kier molecular flexibility index (Phi) is 5.72. The summed E-state index contributed by atoms with van der Waals surface area (Å²) in [5.41, 5.74) is 3.71. The van der Waals surface area contributed by atoms with Crippen molar-refractivity contribution in [2.75, 3.05) is 0 Å². The van der Waals surface area contributed by atoms with E-state index in [1.165, 1.54) is 0 Å². The van der Waals surface area contributed by atoms with Gasteiger partial charge in [-0.1, -0.05) is 36.4 Å². The molecule has 4 aromatic rings. The second kappa shape index (κ2) is 8.55. The van der Waals surface area contributed by atoms with E-state index in [9.17, 15) is 9.59 Å². The molecule has 4 rings (SSSR count). The first-order valence-corrected chi connectivity index (χ1v) is 8.49. The van der Waals surface area contributed by atoms with Crippen LogP contribution in [0.5, 0.6) is 0 Å². The van der Waals surface area contributed by atoms with Crippen LogP contribution in [0.1, 0.15) is 11.3 Å². The standard InChI is InChI=1S/2C11H9NO2/c13-11(14)6-5-8-7-12-10-4-2-1-3-9(8)10;13-11(14)6-5-9-7-8-3-1-2-4-10(8)12-9/h2*1-7,12H,(H,13,14). The zero-order valence-corrected chi connectivity index (χ0v) is 14.8. The SMILES string of the molecule is O=C(O)C=Cc1c[nH]c2ccccc12.O=C(O)C=Cc1cc2ccccc2[nH]1. The van der Waals surface area contributed by atoms with Gasteiger partial charge in [0.05, 0.1) is 0 Å². The van der Waals surface area contributed by atoms with Gasteiger partial charge in [0.25, 0.3) is 0 Å². The summed E-state index contributed by atoms with van der Waals surface area (Å²) in [5, 5.41) is 19.0. The average molecular weight is 374 g/mol. The van der Waals surface area contributed by atoms with E-state index in [2.05, 4.69) is 9.97 Å². The first-order valence-electron chi connectivity index (χ1n) is 8.49. The fourth-order valence-corrected chi connectivity index (χ4v) is 2.74. The molecule has 0 aliphatic carbocycles. The number of hydrogen-bond donors (Lipinski definition) is 4. The fraction of sp³-hybridized carbons (Fsp3) is 0. The van der Waals surface area contributed by atoms with Gasteiger partial charge in [0.1, 0.15) is 0 Å². The van der Waals surface area contributed by atoms with Gasteiger partial charge in [-0.3, -0.25) is 0 Å². The Morgan fingerprint density at radius 3 is 2.18 bits per heavy atom. The van der Waals surface area contributed by atoms with Crippen LogP contribution >= 0.6 is 0 Å². The lowest BCUT2D eigenvalue weighted by molar-refractivity contribution is -0.132. The zero-order chi connectivity index (χ0) is 19.9. The first-order chi connectivity index (χ1) is 13.5. The summed E-state index contributed by atoms with van der Waals surface area (Å²) in [6, 6.07) is 17.5. The van der Waals surface area contributed by atoms with Crippen LogP contribution in [0.25, 0.3) is 34.0 Å². The van der Waals surface area contributed by atoms with Gasteiger partial charge in [-0.2, -0.15) is 0 Å². The molecular weight excluding hydrogens is 356 g/mol. The largest absolute Gasteiger partial charge is 0.478 e. The number of carboxylic acid groups (broad SMARTS) is 2. The molecule has 0 unspecified atom stereocenters. The molecule has 4 N–H and O–H groups in total. The lowest BCUT2D eigenvalue weighted by atomic mass is 10.1. The van der Waals surface area contributed by atoms with Gasteiger partial charge in [-0.25, -0.2) is 9.59 Å². The van der Waals surface area contributed by atoms with Crippen molar-refractivity contribution in [3.8, 4) is 0 Å². The predicted molar refractivity (Wildman–Crippen MR) is 110 cm³/mol.